The van der Waals surface area contributed by atoms with Crippen LogP contribution in [0.1, 0.15) is 16.1 Å². The highest BCUT2D eigenvalue weighted by atomic mass is 35.5. The number of aromatic nitrogens is 1. The van der Waals surface area contributed by atoms with E-state index in [0.717, 1.165) is 11.6 Å². The maximum absolute atomic E-state index is 11.6. The Balaban J connectivity index is 1.97. The van der Waals surface area contributed by atoms with E-state index in [9.17, 15) is 14.9 Å². The number of nitro groups is 1. The van der Waals surface area contributed by atoms with Crippen LogP contribution in [0.3, 0.4) is 0 Å². The summed E-state index contributed by atoms with van der Waals surface area (Å²) in [7, 11) is 0. The molecule has 0 aliphatic rings. The van der Waals surface area contributed by atoms with E-state index in [1.807, 2.05) is 0 Å². The molecule has 0 aliphatic carbocycles. The molecule has 0 atom stereocenters. The Morgan fingerprint density at radius 3 is 2.79 bits per heavy atom. The van der Waals surface area contributed by atoms with Crippen molar-refractivity contribution >= 4 is 23.4 Å². The fraction of sp³-hybridized carbons (Fsp3) is 0.0909. The average molecular weight is 282 g/mol. The number of pyridine rings is 1. The van der Waals surface area contributed by atoms with E-state index in [2.05, 4.69) is 10.3 Å². The lowest BCUT2D eigenvalue weighted by molar-refractivity contribution is -0.402. The van der Waals surface area contributed by atoms with Gasteiger partial charge in [0.2, 0.25) is 0 Å². The van der Waals surface area contributed by atoms with Crippen molar-refractivity contribution in [2.24, 2.45) is 0 Å². The summed E-state index contributed by atoms with van der Waals surface area (Å²) in [6.45, 7) is 0.220. The van der Waals surface area contributed by atoms with Gasteiger partial charge in [-0.15, -0.1) is 0 Å². The van der Waals surface area contributed by atoms with Crippen LogP contribution in [-0.4, -0.2) is 15.8 Å². The Labute approximate surface area is 112 Å². The lowest BCUT2D eigenvalue weighted by atomic mass is 10.3. The first-order chi connectivity index (χ1) is 9.06. The highest BCUT2D eigenvalue weighted by Gasteiger charge is 2.16. The molecule has 0 bridgehead atoms. The Kier molecular flexibility index (Phi) is 3.76. The van der Waals surface area contributed by atoms with Crippen molar-refractivity contribution in [1.82, 2.24) is 10.3 Å². The molecule has 1 amide bonds. The van der Waals surface area contributed by atoms with Crippen molar-refractivity contribution in [3.05, 3.63) is 57.1 Å². The number of hydrogen-bond acceptors (Lipinski definition) is 5. The Bertz CT molecular complexity index is 609. The first-order valence-corrected chi connectivity index (χ1v) is 5.57. The summed E-state index contributed by atoms with van der Waals surface area (Å²) in [5.41, 5.74) is 0.749. The number of hydrogen-bond donors (Lipinski definition) is 1. The number of rotatable bonds is 4. The minimum Gasteiger partial charge on any atom is -0.395 e. The van der Waals surface area contributed by atoms with E-state index in [1.165, 1.54) is 12.3 Å². The van der Waals surface area contributed by atoms with Gasteiger partial charge in [0.1, 0.15) is 10.1 Å². The number of nitrogens with zero attached hydrogens (tertiary/aromatic N) is 2. The van der Waals surface area contributed by atoms with Gasteiger partial charge in [-0.2, -0.15) is 0 Å². The van der Waals surface area contributed by atoms with Gasteiger partial charge in [-0.1, -0.05) is 17.7 Å². The van der Waals surface area contributed by atoms with Crippen LogP contribution in [0.2, 0.25) is 5.15 Å². The zero-order valence-corrected chi connectivity index (χ0v) is 10.3. The summed E-state index contributed by atoms with van der Waals surface area (Å²) in [4.78, 5) is 25.2. The third-order valence-electron chi connectivity index (χ3n) is 2.24. The molecule has 7 nitrogen and oxygen atoms in total. The number of carbonyl (C=O) groups is 1. The average Bonchev–Trinajstić information content (AvgIpc) is 2.87. The highest BCUT2D eigenvalue weighted by molar-refractivity contribution is 6.29. The van der Waals surface area contributed by atoms with E-state index in [-0.39, 0.29) is 12.3 Å². The second kappa shape index (κ2) is 5.49. The van der Waals surface area contributed by atoms with Gasteiger partial charge in [-0.05, 0) is 17.7 Å². The molecule has 0 unspecified atom stereocenters. The number of nitrogens with one attached hydrogen (secondary N) is 1. The molecule has 8 heteroatoms. The summed E-state index contributed by atoms with van der Waals surface area (Å²) in [5, 5.41) is 13.3. The van der Waals surface area contributed by atoms with Gasteiger partial charge in [0, 0.05) is 12.7 Å². The first kappa shape index (κ1) is 13.0. The third-order valence-corrected chi connectivity index (χ3v) is 2.46. The summed E-state index contributed by atoms with van der Waals surface area (Å²) < 4.78 is 4.77. The molecule has 0 aromatic carbocycles. The van der Waals surface area contributed by atoms with Gasteiger partial charge in [0.05, 0.1) is 6.07 Å². The summed E-state index contributed by atoms with van der Waals surface area (Å²) >= 11 is 5.63. The molecule has 2 aromatic heterocycles. The van der Waals surface area contributed by atoms with Crippen molar-refractivity contribution in [2.45, 2.75) is 6.54 Å². The van der Waals surface area contributed by atoms with E-state index < -0.39 is 16.7 Å². The normalized spacial score (nSPS) is 10.2. The van der Waals surface area contributed by atoms with Crippen LogP contribution in [0.4, 0.5) is 5.88 Å². The molecule has 2 heterocycles. The molecule has 19 heavy (non-hydrogen) atoms. The second-order valence-corrected chi connectivity index (χ2v) is 3.95. The largest absolute Gasteiger partial charge is 0.433 e. The third kappa shape index (κ3) is 3.29. The Morgan fingerprint density at radius 1 is 1.42 bits per heavy atom. The predicted octanol–water partition coefficient (Wildman–Crippen LogP) is 2.17. The van der Waals surface area contributed by atoms with Crippen molar-refractivity contribution in [2.75, 3.05) is 0 Å². The molecule has 2 aromatic rings. The van der Waals surface area contributed by atoms with Crippen LogP contribution in [0.5, 0.6) is 0 Å². The molecule has 0 saturated heterocycles. The molecule has 0 saturated carbocycles. The van der Waals surface area contributed by atoms with Crippen molar-refractivity contribution in [3.8, 4) is 0 Å². The summed E-state index contributed by atoms with van der Waals surface area (Å²) in [5.74, 6) is -1.13. The van der Waals surface area contributed by atoms with Gasteiger partial charge >= 0.3 is 5.88 Å². The highest BCUT2D eigenvalue weighted by Crippen LogP contribution is 2.15. The molecule has 0 fully saturated rings. The smallest absolute Gasteiger partial charge is 0.395 e. The minimum atomic E-state index is -0.708. The monoisotopic (exact) mass is 281 g/mol. The fourth-order valence-electron chi connectivity index (χ4n) is 1.33. The topological polar surface area (TPSA) is 98.3 Å². The zero-order valence-electron chi connectivity index (χ0n) is 9.50. The fourth-order valence-corrected chi connectivity index (χ4v) is 1.44. The molecular weight excluding hydrogens is 274 g/mol. The number of furan rings is 1. The summed E-state index contributed by atoms with van der Waals surface area (Å²) in [6.07, 6.45) is 1.52. The number of amides is 1. The molecule has 0 aliphatic heterocycles. The van der Waals surface area contributed by atoms with Gasteiger partial charge in [-0.25, -0.2) is 4.98 Å². The minimum absolute atomic E-state index is 0.117. The SMILES string of the molecule is O=C(NCc1ccc(Cl)nc1)c1ccc([N+](=O)[O-])o1. The lowest BCUT2D eigenvalue weighted by Gasteiger charge is -2.02. The van der Waals surface area contributed by atoms with Crippen LogP contribution in [-0.2, 0) is 6.54 Å². The maximum atomic E-state index is 11.6. The van der Waals surface area contributed by atoms with E-state index in [4.69, 9.17) is 16.0 Å². The van der Waals surface area contributed by atoms with Crippen LogP contribution in [0.15, 0.2) is 34.9 Å². The number of halogens is 1. The second-order valence-electron chi connectivity index (χ2n) is 3.57. The predicted molar refractivity (Wildman–Crippen MR) is 65.8 cm³/mol. The van der Waals surface area contributed by atoms with Gasteiger partial charge in [0.15, 0.2) is 5.76 Å². The van der Waals surface area contributed by atoms with Gasteiger partial charge in [-0.3, -0.25) is 14.9 Å². The molecule has 1 N–H and O–H groups in total. The van der Waals surface area contributed by atoms with Crippen LogP contribution in [0, 0.1) is 10.1 Å². The van der Waals surface area contributed by atoms with Crippen LogP contribution < -0.4 is 5.32 Å². The first-order valence-electron chi connectivity index (χ1n) is 5.19. The van der Waals surface area contributed by atoms with Gasteiger partial charge < -0.3 is 9.73 Å². The molecule has 0 radical (unpaired) electrons. The van der Waals surface area contributed by atoms with Crippen molar-refractivity contribution in [3.63, 3.8) is 0 Å². The quantitative estimate of drug-likeness (QED) is 0.526. The standard InChI is InChI=1S/C11H8ClN3O4/c12-9-3-1-7(5-13-9)6-14-11(16)8-2-4-10(19-8)15(17)18/h1-5H,6H2,(H,14,16). The number of carbonyl (C=O) groups excluding carboxylic acids is 1. The zero-order chi connectivity index (χ0) is 13.8. The maximum Gasteiger partial charge on any atom is 0.433 e. The van der Waals surface area contributed by atoms with E-state index in [1.54, 1.807) is 12.1 Å². The van der Waals surface area contributed by atoms with E-state index >= 15 is 0 Å². The van der Waals surface area contributed by atoms with Gasteiger partial charge in [0.25, 0.3) is 5.91 Å². The molecular formula is C11H8ClN3O4. The lowest BCUT2D eigenvalue weighted by Crippen LogP contribution is -2.22. The van der Waals surface area contributed by atoms with Crippen molar-refractivity contribution in [1.29, 1.82) is 0 Å². The Hall–Kier alpha value is -2.41. The van der Waals surface area contributed by atoms with Crippen molar-refractivity contribution < 1.29 is 14.1 Å². The van der Waals surface area contributed by atoms with Crippen LogP contribution >= 0.6 is 11.6 Å². The molecule has 2 rings (SSSR count). The Morgan fingerprint density at radius 2 is 2.21 bits per heavy atom. The van der Waals surface area contributed by atoms with Crippen LogP contribution in [0.25, 0.3) is 0 Å². The molecule has 98 valence electrons. The molecule has 0 spiro atoms. The summed E-state index contributed by atoms with van der Waals surface area (Å²) in [6, 6.07) is 5.67. The van der Waals surface area contributed by atoms with E-state index in [0.29, 0.717) is 5.15 Å².